The number of carbonyl (C=O) groups is 2. The third-order valence-electron chi connectivity index (χ3n) is 4.20. The standard InChI is InChI=1S/C17H31N3O3/c1-8-13(9-2)11-20-15(21)10-14(18-20)12(3)19(7)16(22)23-17(4,5)6/h12-13H,8-11H2,1-7H3. The maximum atomic E-state index is 12.2. The summed E-state index contributed by atoms with van der Waals surface area (Å²) in [7, 11) is 1.68. The van der Waals surface area contributed by atoms with E-state index in [2.05, 4.69) is 18.9 Å². The van der Waals surface area contributed by atoms with Gasteiger partial charge in [0.15, 0.2) is 0 Å². The minimum atomic E-state index is -0.542. The van der Waals surface area contributed by atoms with E-state index in [4.69, 9.17) is 4.74 Å². The minimum Gasteiger partial charge on any atom is -0.444 e. The molecule has 0 aromatic carbocycles. The van der Waals surface area contributed by atoms with Crippen LogP contribution in [-0.2, 0) is 9.53 Å². The van der Waals surface area contributed by atoms with Gasteiger partial charge >= 0.3 is 6.09 Å². The molecule has 0 N–H and O–H groups in total. The molecule has 2 amide bonds. The lowest BCUT2D eigenvalue weighted by Gasteiger charge is -2.28. The highest BCUT2D eigenvalue weighted by Crippen LogP contribution is 2.19. The topological polar surface area (TPSA) is 62.2 Å². The van der Waals surface area contributed by atoms with Crippen LogP contribution in [0.4, 0.5) is 4.79 Å². The zero-order valence-corrected chi connectivity index (χ0v) is 15.5. The lowest BCUT2D eigenvalue weighted by molar-refractivity contribution is -0.129. The maximum Gasteiger partial charge on any atom is 0.410 e. The van der Waals surface area contributed by atoms with Gasteiger partial charge in [0.2, 0.25) is 5.91 Å². The van der Waals surface area contributed by atoms with Crippen LogP contribution in [0.15, 0.2) is 5.10 Å². The van der Waals surface area contributed by atoms with Gasteiger partial charge in [-0.3, -0.25) is 4.79 Å². The number of hydrogen-bond acceptors (Lipinski definition) is 4. The van der Waals surface area contributed by atoms with Gasteiger partial charge in [0.05, 0.1) is 18.2 Å². The summed E-state index contributed by atoms with van der Waals surface area (Å²) < 4.78 is 5.37. The Morgan fingerprint density at radius 3 is 2.39 bits per heavy atom. The van der Waals surface area contributed by atoms with Crippen molar-refractivity contribution in [2.45, 2.75) is 72.4 Å². The molecule has 1 atom stereocenters. The number of hydrogen-bond donors (Lipinski definition) is 0. The molecule has 0 saturated carbocycles. The SMILES string of the molecule is CCC(CC)CN1N=C(C(C)N(C)C(=O)OC(C)(C)C)CC1=O. The third kappa shape index (κ3) is 5.52. The van der Waals surface area contributed by atoms with Gasteiger partial charge in [-0.25, -0.2) is 9.80 Å². The lowest BCUT2D eigenvalue weighted by atomic mass is 10.0. The Bertz CT molecular complexity index is 464. The molecule has 0 fully saturated rings. The summed E-state index contributed by atoms with van der Waals surface area (Å²) in [6, 6.07) is -0.263. The van der Waals surface area contributed by atoms with Gasteiger partial charge in [-0.05, 0) is 33.6 Å². The fourth-order valence-electron chi connectivity index (χ4n) is 2.37. The van der Waals surface area contributed by atoms with Crippen molar-refractivity contribution in [2.24, 2.45) is 11.0 Å². The first-order valence-corrected chi connectivity index (χ1v) is 8.42. The molecule has 0 spiro atoms. The van der Waals surface area contributed by atoms with Crippen molar-refractivity contribution in [1.82, 2.24) is 9.91 Å². The summed E-state index contributed by atoms with van der Waals surface area (Å²) in [5.74, 6) is 0.470. The van der Waals surface area contributed by atoms with Crippen molar-refractivity contribution >= 4 is 17.7 Å². The highest BCUT2D eigenvalue weighted by atomic mass is 16.6. The zero-order chi connectivity index (χ0) is 17.8. The minimum absolute atomic E-state index is 0.0105. The van der Waals surface area contributed by atoms with Crippen molar-refractivity contribution < 1.29 is 14.3 Å². The van der Waals surface area contributed by atoms with E-state index >= 15 is 0 Å². The maximum absolute atomic E-state index is 12.2. The van der Waals surface area contributed by atoms with E-state index in [1.807, 2.05) is 27.7 Å². The predicted octanol–water partition coefficient (Wildman–Crippen LogP) is 3.27. The van der Waals surface area contributed by atoms with Crippen LogP contribution in [0.2, 0.25) is 0 Å². The fourth-order valence-corrected chi connectivity index (χ4v) is 2.37. The van der Waals surface area contributed by atoms with Crippen molar-refractivity contribution in [1.29, 1.82) is 0 Å². The number of hydrazone groups is 1. The van der Waals surface area contributed by atoms with Crippen LogP contribution >= 0.6 is 0 Å². The van der Waals surface area contributed by atoms with E-state index in [0.29, 0.717) is 18.2 Å². The molecule has 6 heteroatoms. The third-order valence-corrected chi connectivity index (χ3v) is 4.20. The van der Waals surface area contributed by atoms with E-state index in [9.17, 15) is 9.59 Å². The molecular weight excluding hydrogens is 294 g/mol. The Balaban J connectivity index is 2.74. The van der Waals surface area contributed by atoms with Crippen molar-refractivity contribution in [3.63, 3.8) is 0 Å². The van der Waals surface area contributed by atoms with Crippen LogP contribution in [0, 0.1) is 5.92 Å². The van der Waals surface area contributed by atoms with Gasteiger partial charge in [-0.15, -0.1) is 0 Å². The van der Waals surface area contributed by atoms with Crippen LogP contribution in [0.3, 0.4) is 0 Å². The first-order chi connectivity index (χ1) is 10.6. The molecule has 0 aromatic heterocycles. The summed E-state index contributed by atoms with van der Waals surface area (Å²) in [4.78, 5) is 25.8. The van der Waals surface area contributed by atoms with Crippen LogP contribution in [0.25, 0.3) is 0 Å². The second-order valence-electron chi connectivity index (χ2n) is 7.19. The molecule has 1 aliphatic rings. The molecule has 23 heavy (non-hydrogen) atoms. The van der Waals surface area contributed by atoms with Crippen molar-refractivity contribution in [3.05, 3.63) is 0 Å². The Labute approximate surface area is 139 Å². The molecule has 1 unspecified atom stereocenters. The summed E-state index contributed by atoms with van der Waals surface area (Å²) in [6.07, 6.45) is 1.92. The second-order valence-corrected chi connectivity index (χ2v) is 7.19. The number of rotatable bonds is 6. The zero-order valence-electron chi connectivity index (χ0n) is 15.5. The molecule has 0 radical (unpaired) electrons. The quantitative estimate of drug-likeness (QED) is 0.753. The molecule has 0 saturated heterocycles. The average molecular weight is 325 g/mol. The molecule has 1 aliphatic heterocycles. The van der Waals surface area contributed by atoms with Gasteiger partial charge in [-0.1, -0.05) is 26.7 Å². The van der Waals surface area contributed by atoms with Crippen molar-refractivity contribution in [3.8, 4) is 0 Å². The predicted molar refractivity (Wildman–Crippen MR) is 91.3 cm³/mol. The van der Waals surface area contributed by atoms with E-state index in [-0.39, 0.29) is 18.4 Å². The lowest BCUT2D eigenvalue weighted by Crippen LogP contribution is -2.43. The number of nitrogens with zero attached hydrogens (tertiary/aromatic N) is 3. The van der Waals surface area contributed by atoms with E-state index in [0.717, 1.165) is 12.8 Å². The normalized spacial score (nSPS) is 16.6. The molecule has 132 valence electrons. The number of ether oxygens (including phenoxy) is 1. The Morgan fingerprint density at radius 1 is 1.35 bits per heavy atom. The average Bonchev–Trinajstić information content (AvgIpc) is 2.82. The Morgan fingerprint density at radius 2 is 1.91 bits per heavy atom. The summed E-state index contributed by atoms with van der Waals surface area (Å²) in [6.45, 7) is 12.3. The van der Waals surface area contributed by atoms with Crippen molar-refractivity contribution in [2.75, 3.05) is 13.6 Å². The smallest absolute Gasteiger partial charge is 0.410 e. The second kappa shape index (κ2) is 7.79. The van der Waals surface area contributed by atoms with Crippen LogP contribution in [0.1, 0.15) is 60.8 Å². The van der Waals surface area contributed by atoms with Crippen LogP contribution in [0.5, 0.6) is 0 Å². The summed E-state index contributed by atoms with van der Waals surface area (Å²) in [5, 5.41) is 6.02. The molecule has 1 heterocycles. The first kappa shape index (κ1) is 19.5. The summed E-state index contributed by atoms with van der Waals surface area (Å²) in [5.41, 5.74) is 0.175. The number of carbonyl (C=O) groups excluding carboxylic acids is 2. The molecule has 0 aromatic rings. The van der Waals surface area contributed by atoms with Gasteiger partial charge in [-0.2, -0.15) is 5.10 Å². The van der Waals surface area contributed by atoms with Gasteiger partial charge in [0.25, 0.3) is 0 Å². The largest absolute Gasteiger partial charge is 0.444 e. The highest BCUT2D eigenvalue weighted by Gasteiger charge is 2.32. The Hall–Kier alpha value is -1.59. The van der Waals surface area contributed by atoms with Crippen LogP contribution in [-0.4, -0.2) is 52.9 Å². The molecule has 0 aliphatic carbocycles. The first-order valence-electron chi connectivity index (χ1n) is 8.42. The van der Waals surface area contributed by atoms with E-state index in [1.165, 1.54) is 4.90 Å². The van der Waals surface area contributed by atoms with E-state index in [1.54, 1.807) is 12.1 Å². The van der Waals surface area contributed by atoms with Gasteiger partial charge in [0.1, 0.15) is 5.60 Å². The molecular formula is C17H31N3O3. The number of amides is 2. The molecule has 6 nitrogen and oxygen atoms in total. The monoisotopic (exact) mass is 325 g/mol. The van der Waals surface area contributed by atoms with Gasteiger partial charge < -0.3 is 9.64 Å². The molecule has 0 bridgehead atoms. The highest BCUT2D eigenvalue weighted by molar-refractivity contribution is 6.08. The Kier molecular flexibility index (Phi) is 6.59. The van der Waals surface area contributed by atoms with Gasteiger partial charge in [0, 0.05) is 13.6 Å². The molecule has 1 rings (SSSR count). The fraction of sp³-hybridized carbons (Fsp3) is 0.824. The van der Waals surface area contributed by atoms with E-state index < -0.39 is 11.7 Å². The van der Waals surface area contributed by atoms with Crippen LogP contribution < -0.4 is 0 Å². The summed E-state index contributed by atoms with van der Waals surface area (Å²) >= 11 is 0.